The Bertz CT molecular complexity index is 1230. The van der Waals surface area contributed by atoms with Gasteiger partial charge in [0.2, 0.25) is 0 Å². The maximum atomic E-state index is 4.92. The maximum absolute atomic E-state index is 4.92. The van der Waals surface area contributed by atoms with Gasteiger partial charge < -0.3 is 19.6 Å². The fourth-order valence-corrected chi connectivity index (χ4v) is 4.66. The van der Waals surface area contributed by atoms with Crippen LogP contribution in [0.4, 0.5) is 46.3 Å². The topological polar surface area (TPSA) is 51.6 Å². The lowest BCUT2D eigenvalue weighted by Crippen LogP contribution is -2.20. The molecule has 5 rings (SSSR count). The zero-order valence-electron chi connectivity index (χ0n) is 18.9. The van der Waals surface area contributed by atoms with Crippen LogP contribution in [-0.4, -0.2) is 43.1 Å². The highest BCUT2D eigenvalue weighted by atomic mass is 79.9. The van der Waals surface area contributed by atoms with Crippen LogP contribution < -0.4 is 19.6 Å². The second-order valence-corrected chi connectivity index (χ2v) is 8.70. The van der Waals surface area contributed by atoms with Crippen LogP contribution in [0.1, 0.15) is 0 Å². The minimum Gasteiger partial charge on any atom is -0.328 e. The van der Waals surface area contributed by atoms with Crippen molar-refractivity contribution >= 4 is 62.2 Å². The fourth-order valence-electron chi connectivity index (χ4n) is 3.86. The van der Waals surface area contributed by atoms with Gasteiger partial charge in [-0.05, 0) is 64.5 Å². The van der Waals surface area contributed by atoms with Crippen LogP contribution in [-0.2, 0) is 0 Å². The lowest BCUT2D eigenvalue weighted by Gasteiger charge is -2.27. The van der Waals surface area contributed by atoms with Crippen LogP contribution in [0.2, 0.25) is 0 Å². The summed E-state index contributed by atoms with van der Waals surface area (Å²) in [5.74, 6) is 4.89. The molecular formula is C25H24BrN7. The molecule has 33 heavy (non-hydrogen) atoms. The van der Waals surface area contributed by atoms with Gasteiger partial charge in [-0.3, -0.25) is 0 Å². The highest BCUT2D eigenvalue weighted by molar-refractivity contribution is 9.10. The van der Waals surface area contributed by atoms with E-state index in [1.54, 1.807) is 0 Å². The Hall–Kier alpha value is -3.65. The Morgan fingerprint density at radius 2 is 0.727 bits per heavy atom. The van der Waals surface area contributed by atoms with Crippen LogP contribution in [0, 0.1) is 0 Å². The molecule has 8 bridgehead atoms. The molecule has 166 valence electrons. The molecule has 0 N–H and O–H groups in total. The third-order valence-corrected chi connectivity index (χ3v) is 6.71. The maximum Gasteiger partial charge on any atom is 0.136 e. The molecular weight excluding hydrogens is 478 g/mol. The third-order valence-electron chi connectivity index (χ3n) is 5.90. The van der Waals surface area contributed by atoms with Gasteiger partial charge in [-0.15, -0.1) is 0 Å². The third kappa shape index (κ3) is 3.76. The molecule has 3 aromatic heterocycles. The molecule has 0 radical (unpaired) electrons. The van der Waals surface area contributed by atoms with E-state index in [-0.39, 0.29) is 0 Å². The summed E-state index contributed by atoms with van der Waals surface area (Å²) in [5.41, 5.74) is 2.01. The molecule has 1 aliphatic rings. The summed E-state index contributed by atoms with van der Waals surface area (Å²) in [6.45, 7) is 0. The smallest absolute Gasteiger partial charge is 0.136 e. The average molecular weight is 502 g/mol. The van der Waals surface area contributed by atoms with Gasteiger partial charge in [0.05, 0.1) is 15.8 Å². The Morgan fingerprint density at radius 1 is 0.455 bits per heavy atom. The first-order valence-corrected chi connectivity index (χ1v) is 11.4. The zero-order chi connectivity index (χ0) is 23.1. The number of hydrogen-bond acceptors (Lipinski definition) is 7. The molecule has 4 aromatic rings. The minimum absolute atomic E-state index is 0.801. The highest BCUT2D eigenvalue weighted by Gasteiger charge is 2.19. The number of hydrogen-bond donors (Lipinski definition) is 0. The van der Waals surface area contributed by atoms with E-state index < -0.39 is 0 Å². The number of rotatable bonds is 0. The van der Waals surface area contributed by atoms with Crippen LogP contribution in [0.25, 0.3) is 0 Å². The van der Waals surface area contributed by atoms with Crippen LogP contribution >= 0.6 is 15.9 Å². The number of halogens is 1. The number of fused-ring (bicyclic) bond motifs is 8. The van der Waals surface area contributed by atoms with Crippen molar-refractivity contribution in [2.75, 3.05) is 47.8 Å². The van der Waals surface area contributed by atoms with E-state index >= 15 is 0 Å². The summed E-state index contributed by atoms with van der Waals surface area (Å²) < 4.78 is 0.968. The average Bonchev–Trinajstić information content (AvgIpc) is 2.87. The van der Waals surface area contributed by atoms with Gasteiger partial charge in [0.1, 0.15) is 34.9 Å². The van der Waals surface area contributed by atoms with E-state index in [4.69, 9.17) is 15.0 Å². The summed E-state index contributed by atoms with van der Waals surface area (Å²) in [7, 11) is 8.00. The van der Waals surface area contributed by atoms with E-state index in [0.717, 1.165) is 50.8 Å². The van der Waals surface area contributed by atoms with Crippen molar-refractivity contribution in [2.45, 2.75) is 0 Å². The largest absolute Gasteiger partial charge is 0.328 e. The molecule has 0 amide bonds. The standard InChI is InChI=1S/C25H24BrN7/c1-30-17-9-5-10-18(25(17)26)31(2)20-12-7-14-22(28-20)33(4)24-16-8-15-23(29-24)32(3)21-13-6-11-19(30)27-21/h5-16H,1-4H3. The van der Waals surface area contributed by atoms with Crippen molar-refractivity contribution in [1.29, 1.82) is 0 Å². The highest BCUT2D eigenvalue weighted by Crippen LogP contribution is 2.40. The van der Waals surface area contributed by atoms with E-state index in [0.29, 0.717) is 0 Å². The SMILES string of the molecule is CN1c2cccc(n2)N(C)c2cccc(n2)N(C)c2cccc(c2Br)N(C)c2cccc1n2. The van der Waals surface area contributed by atoms with Crippen molar-refractivity contribution in [2.24, 2.45) is 0 Å². The van der Waals surface area contributed by atoms with E-state index in [9.17, 15) is 0 Å². The molecule has 1 aromatic carbocycles. The Balaban J connectivity index is 1.75. The predicted octanol–water partition coefficient (Wildman–Crippen LogP) is 6.02. The summed E-state index contributed by atoms with van der Waals surface area (Å²) in [5, 5.41) is 0. The van der Waals surface area contributed by atoms with Crippen LogP contribution in [0.15, 0.2) is 77.3 Å². The van der Waals surface area contributed by atoms with Gasteiger partial charge >= 0.3 is 0 Å². The molecule has 0 spiro atoms. The summed E-state index contributed by atoms with van der Waals surface area (Å²) in [6.07, 6.45) is 0. The molecule has 0 atom stereocenters. The van der Waals surface area contributed by atoms with Crippen molar-refractivity contribution in [3.8, 4) is 0 Å². The molecule has 0 saturated heterocycles. The molecule has 0 aliphatic carbocycles. The summed E-state index contributed by atoms with van der Waals surface area (Å²) >= 11 is 3.84. The van der Waals surface area contributed by atoms with Gasteiger partial charge in [0.15, 0.2) is 0 Å². The van der Waals surface area contributed by atoms with E-state index in [1.165, 1.54) is 0 Å². The first-order chi connectivity index (χ1) is 15.9. The Labute approximate surface area is 202 Å². The predicted molar refractivity (Wildman–Crippen MR) is 139 cm³/mol. The van der Waals surface area contributed by atoms with E-state index in [1.807, 2.05) is 98.7 Å². The first kappa shape index (κ1) is 21.2. The molecule has 0 unspecified atom stereocenters. The monoisotopic (exact) mass is 501 g/mol. The summed E-state index contributed by atoms with van der Waals surface area (Å²) in [4.78, 5) is 22.9. The van der Waals surface area contributed by atoms with Gasteiger partial charge in [0, 0.05) is 28.2 Å². The van der Waals surface area contributed by atoms with Crippen molar-refractivity contribution in [3.63, 3.8) is 0 Å². The van der Waals surface area contributed by atoms with Crippen LogP contribution in [0.3, 0.4) is 0 Å². The van der Waals surface area contributed by atoms with Crippen LogP contribution in [0.5, 0.6) is 0 Å². The molecule has 0 fully saturated rings. The Kier molecular flexibility index (Phi) is 5.38. The van der Waals surface area contributed by atoms with Gasteiger partial charge in [-0.1, -0.05) is 24.3 Å². The molecule has 7 nitrogen and oxygen atoms in total. The summed E-state index contributed by atoms with van der Waals surface area (Å²) in [6, 6.07) is 24.2. The number of pyridine rings is 3. The second kappa shape index (κ2) is 8.37. The van der Waals surface area contributed by atoms with Crippen molar-refractivity contribution in [1.82, 2.24) is 15.0 Å². The lowest BCUT2D eigenvalue weighted by molar-refractivity contribution is 1.01. The first-order valence-electron chi connectivity index (χ1n) is 10.6. The van der Waals surface area contributed by atoms with Crippen molar-refractivity contribution < 1.29 is 0 Å². The number of benzene rings is 1. The molecule has 0 saturated carbocycles. The molecule has 1 aliphatic heterocycles. The van der Waals surface area contributed by atoms with E-state index in [2.05, 4.69) is 37.9 Å². The zero-order valence-corrected chi connectivity index (χ0v) is 20.5. The molecule has 8 heteroatoms. The van der Waals surface area contributed by atoms with Gasteiger partial charge in [-0.25, -0.2) is 15.0 Å². The minimum atomic E-state index is 0.801. The normalized spacial score (nSPS) is 13.4. The Morgan fingerprint density at radius 3 is 1.06 bits per heavy atom. The second-order valence-electron chi connectivity index (χ2n) is 7.91. The number of anilines is 8. The van der Waals surface area contributed by atoms with Gasteiger partial charge in [-0.2, -0.15) is 0 Å². The molecule has 4 heterocycles. The quantitative estimate of drug-likeness (QED) is 0.292. The number of nitrogens with zero attached hydrogens (tertiary/aromatic N) is 7. The fraction of sp³-hybridized carbons (Fsp3) is 0.160. The lowest BCUT2D eigenvalue weighted by atomic mass is 10.2. The number of aromatic nitrogens is 3. The van der Waals surface area contributed by atoms with Crippen molar-refractivity contribution in [3.05, 3.63) is 77.3 Å². The van der Waals surface area contributed by atoms with Gasteiger partial charge in [0.25, 0.3) is 0 Å².